The zero-order valence-electron chi connectivity index (χ0n) is 12.8. The summed E-state index contributed by atoms with van der Waals surface area (Å²) in [7, 11) is -2.05. The summed E-state index contributed by atoms with van der Waals surface area (Å²) < 4.78 is 30.6. The highest BCUT2D eigenvalue weighted by molar-refractivity contribution is 7.89. The minimum atomic E-state index is -3.66. The summed E-state index contributed by atoms with van der Waals surface area (Å²) in [6, 6.07) is 1.22. The van der Waals surface area contributed by atoms with Crippen molar-refractivity contribution in [3.8, 4) is 0 Å². The number of rotatable bonds is 5. The lowest BCUT2D eigenvalue weighted by atomic mass is 10.2. The maximum atomic E-state index is 12.9. The number of hydrogen-bond acceptors (Lipinski definition) is 4. The molecule has 2 aromatic heterocycles. The smallest absolute Gasteiger partial charge is 0.265 e. The van der Waals surface area contributed by atoms with Crippen LogP contribution < -0.4 is 5.73 Å². The van der Waals surface area contributed by atoms with Gasteiger partial charge < -0.3 is 14.9 Å². The molecular formula is C14H19N5O3S. The van der Waals surface area contributed by atoms with Gasteiger partial charge in [0.05, 0.1) is 6.33 Å². The minimum absolute atomic E-state index is 0.103. The predicted molar refractivity (Wildman–Crippen MR) is 83.1 cm³/mol. The molecule has 0 spiro atoms. The third kappa shape index (κ3) is 2.89. The van der Waals surface area contributed by atoms with Crippen LogP contribution in [0, 0.1) is 0 Å². The van der Waals surface area contributed by atoms with Gasteiger partial charge in [-0.1, -0.05) is 0 Å². The number of carbonyl (C=O) groups excluding carboxylic acids is 1. The van der Waals surface area contributed by atoms with E-state index in [1.165, 1.54) is 21.1 Å². The minimum Gasteiger partial charge on any atom is -0.364 e. The quantitative estimate of drug-likeness (QED) is 0.840. The van der Waals surface area contributed by atoms with Gasteiger partial charge in [-0.15, -0.1) is 0 Å². The molecule has 3 rings (SSSR count). The molecule has 1 amide bonds. The molecule has 0 saturated carbocycles. The van der Waals surface area contributed by atoms with E-state index < -0.39 is 15.9 Å². The van der Waals surface area contributed by atoms with Crippen molar-refractivity contribution >= 4 is 15.9 Å². The van der Waals surface area contributed by atoms with Crippen molar-refractivity contribution in [3.63, 3.8) is 0 Å². The van der Waals surface area contributed by atoms with Gasteiger partial charge in [0.25, 0.3) is 5.91 Å². The molecule has 8 nitrogen and oxygen atoms in total. The molecule has 0 aliphatic carbocycles. The van der Waals surface area contributed by atoms with Crippen LogP contribution >= 0.6 is 0 Å². The highest BCUT2D eigenvalue weighted by Gasteiger charge is 2.36. The first kappa shape index (κ1) is 15.8. The van der Waals surface area contributed by atoms with Gasteiger partial charge in [0.1, 0.15) is 10.6 Å². The Balaban J connectivity index is 1.89. The van der Waals surface area contributed by atoms with Gasteiger partial charge in [0.2, 0.25) is 10.0 Å². The molecule has 23 heavy (non-hydrogen) atoms. The first-order chi connectivity index (χ1) is 10.9. The summed E-state index contributed by atoms with van der Waals surface area (Å²) >= 11 is 0. The lowest BCUT2D eigenvalue weighted by molar-refractivity contribution is 0.0992. The Hall–Kier alpha value is -2.13. The largest absolute Gasteiger partial charge is 0.364 e. The van der Waals surface area contributed by atoms with Crippen LogP contribution in [-0.2, 0) is 23.6 Å². The highest BCUT2D eigenvalue weighted by atomic mass is 32.2. The molecule has 1 atom stereocenters. The molecule has 0 aromatic carbocycles. The van der Waals surface area contributed by atoms with Crippen LogP contribution in [0.25, 0.3) is 0 Å². The number of imidazole rings is 1. The fourth-order valence-corrected chi connectivity index (χ4v) is 4.76. The molecule has 1 aliphatic heterocycles. The number of carbonyl (C=O) groups is 1. The molecule has 1 saturated heterocycles. The van der Waals surface area contributed by atoms with Gasteiger partial charge in [-0.25, -0.2) is 13.4 Å². The van der Waals surface area contributed by atoms with Crippen molar-refractivity contribution < 1.29 is 13.2 Å². The van der Waals surface area contributed by atoms with Gasteiger partial charge in [0, 0.05) is 44.8 Å². The number of nitrogens with zero attached hydrogens (tertiary/aromatic N) is 4. The summed E-state index contributed by atoms with van der Waals surface area (Å²) in [4.78, 5) is 15.4. The second-order valence-corrected chi connectivity index (χ2v) is 7.60. The SMILES string of the molecule is Cn1cc(S(=O)(=O)N2CCC[C@H]2Cn2ccnc2)cc1C(N)=O. The van der Waals surface area contributed by atoms with Crippen LogP contribution in [0.2, 0.25) is 0 Å². The summed E-state index contributed by atoms with van der Waals surface area (Å²) in [6.45, 7) is 1.04. The second-order valence-electron chi connectivity index (χ2n) is 5.71. The Morgan fingerprint density at radius 1 is 1.48 bits per heavy atom. The monoisotopic (exact) mass is 337 g/mol. The Bertz CT molecular complexity index is 810. The molecule has 124 valence electrons. The molecule has 3 heterocycles. The standard InChI is InChI=1S/C14H19N5O3S/c1-17-9-12(7-13(17)14(15)20)23(21,22)19-5-2-3-11(19)8-18-6-4-16-10-18/h4,6-7,9-11H,2-3,5,8H2,1H3,(H2,15,20)/t11-/m0/s1. The Labute approximate surface area is 134 Å². The Morgan fingerprint density at radius 3 is 2.87 bits per heavy atom. The predicted octanol–water partition coefficient (Wildman–Crippen LogP) is 0.174. The number of amides is 1. The molecule has 2 aromatic rings. The third-order valence-electron chi connectivity index (χ3n) is 4.14. The van der Waals surface area contributed by atoms with Crippen molar-refractivity contribution in [2.24, 2.45) is 12.8 Å². The molecule has 1 aliphatic rings. The average Bonchev–Trinajstić information content (AvgIpc) is 3.19. The van der Waals surface area contributed by atoms with Crippen molar-refractivity contribution in [3.05, 3.63) is 36.7 Å². The number of hydrogen-bond donors (Lipinski definition) is 1. The van der Waals surface area contributed by atoms with E-state index in [1.807, 2.05) is 10.8 Å². The molecule has 1 fully saturated rings. The van der Waals surface area contributed by atoms with Crippen molar-refractivity contribution in [1.82, 2.24) is 18.4 Å². The zero-order valence-corrected chi connectivity index (χ0v) is 13.6. The van der Waals surface area contributed by atoms with Crippen molar-refractivity contribution in [2.75, 3.05) is 6.54 Å². The fraction of sp³-hybridized carbons (Fsp3) is 0.429. The van der Waals surface area contributed by atoms with Gasteiger partial charge in [-0.2, -0.15) is 4.31 Å². The van der Waals surface area contributed by atoms with E-state index in [-0.39, 0.29) is 16.6 Å². The topological polar surface area (TPSA) is 103 Å². The Kier molecular flexibility index (Phi) is 3.99. The van der Waals surface area contributed by atoms with Crippen LogP contribution in [-0.4, -0.2) is 45.3 Å². The van der Waals surface area contributed by atoms with E-state index in [0.717, 1.165) is 12.8 Å². The van der Waals surface area contributed by atoms with Gasteiger partial charge >= 0.3 is 0 Å². The molecule has 0 bridgehead atoms. The van der Waals surface area contributed by atoms with Crippen LogP contribution in [0.4, 0.5) is 0 Å². The summed E-state index contributed by atoms with van der Waals surface area (Å²) in [5.74, 6) is -0.648. The van der Waals surface area contributed by atoms with Crippen molar-refractivity contribution in [2.45, 2.75) is 30.3 Å². The van der Waals surface area contributed by atoms with Gasteiger partial charge in [0.15, 0.2) is 0 Å². The molecule has 9 heteroatoms. The number of sulfonamides is 1. The number of primary amides is 1. The maximum absolute atomic E-state index is 12.9. The summed E-state index contributed by atoms with van der Waals surface area (Å²) in [5.41, 5.74) is 5.44. The van der Waals surface area contributed by atoms with Crippen LogP contribution in [0.3, 0.4) is 0 Å². The average molecular weight is 337 g/mol. The molecule has 0 unspecified atom stereocenters. The first-order valence-electron chi connectivity index (χ1n) is 7.33. The number of nitrogens with two attached hydrogens (primary N) is 1. The fourth-order valence-electron chi connectivity index (χ4n) is 3.00. The first-order valence-corrected chi connectivity index (χ1v) is 8.77. The van der Waals surface area contributed by atoms with E-state index in [4.69, 9.17) is 5.73 Å². The molecule has 0 radical (unpaired) electrons. The van der Waals surface area contributed by atoms with Crippen molar-refractivity contribution in [1.29, 1.82) is 0 Å². The van der Waals surface area contributed by atoms with Gasteiger partial charge in [-0.05, 0) is 18.9 Å². The van der Waals surface area contributed by atoms with E-state index in [0.29, 0.717) is 13.1 Å². The lowest BCUT2D eigenvalue weighted by Gasteiger charge is -2.23. The third-order valence-corrected chi connectivity index (χ3v) is 6.06. The normalized spacial score (nSPS) is 19.3. The van der Waals surface area contributed by atoms with E-state index >= 15 is 0 Å². The highest BCUT2D eigenvalue weighted by Crippen LogP contribution is 2.27. The summed E-state index contributed by atoms with van der Waals surface area (Å²) in [6.07, 6.45) is 8.21. The van der Waals surface area contributed by atoms with Crippen LogP contribution in [0.1, 0.15) is 23.3 Å². The van der Waals surface area contributed by atoms with Gasteiger partial charge in [-0.3, -0.25) is 4.79 Å². The molecular weight excluding hydrogens is 318 g/mol. The summed E-state index contributed by atoms with van der Waals surface area (Å²) in [5, 5.41) is 0. The molecule has 2 N–H and O–H groups in total. The number of aromatic nitrogens is 3. The maximum Gasteiger partial charge on any atom is 0.265 e. The Morgan fingerprint density at radius 2 is 2.26 bits per heavy atom. The van der Waals surface area contributed by atoms with E-state index in [1.54, 1.807) is 19.6 Å². The second kappa shape index (κ2) is 5.82. The van der Waals surface area contributed by atoms with E-state index in [9.17, 15) is 13.2 Å². The van der Waals surface area contributed by atoms with Crippen LogP contribution in [0.15, 0.2) is 35.9 Å². The number of aryl methyl sites for hydroxylation is 1. The zero-order chi connectivity index (χ0) is 16.6. The van der Waals surface area contributed by atoms with Crippen LogP contribution in [0.5, 0.6) is 0 Å². The lowest BCUT2D eigenvalue weighted by Crippen LogP contribution is -2.37. The van der Waals surface area contributed by atoms with E-state index in [2.05, 4.69) is 4.98 Å².